The van der Waals surface area contributed by atoms with Gasteiger partial charge in [-0.1, -0.05) is 48.0 Å². The van der Waals surface area contributed by atoms with Crippen molar-refractivity contribution in [3.8, 4) is 11.8 Å². The van der Waals surface area contributed by atoms with Crippen molar-refractivity contribution in [2.75, 3.05) is 0 Å². The Labute approximate surface area is 177 Å². The molecule has 0 amide bonds. The Morgan fingerprint density at radius 3 is 2.50 bits per heavy atom. The number of nitro benzene ring substituents is 1. The van der Waals surface area contributed by atoms with Crippen LogP contribution in [0, 0.1) is 21.4 Å². The molecule has 0 aliphatic carbocycles. The molecule has 0 spiro atoms. The minimum Gasteiger partial charge on any atom is -0.489 e. The Balaban J connectivity index is 1.73. The zero-order valence-corrected chi connectivity index (χ0v) is 16.4. The normalized spacial score (nSPS) is 10.9. The van der Waals surface area contributed by atoms with E-state index in [1.165, 1.54) is 24.3 Å². The molecule has 0 aromatic heterocycles. The number of nitriles is 1. The molecule has 0 heterocycles. The molecule has 30 heavy (non-hydrogen) atoms. The van der Waals surface area contributed by atoms with Crippen LogP contribution in [0.2, 0.25) is 5.02 Å². The van der Waals surface area contributed by atoms with Gasteiger partial charge in [-0.2, -0.15) is 5.26 Å². The Morgan fingerprint density at radius 2 is 1.83 bits per heavy atom. The van der Waals surface area contributed by atoms with Crippen molar-refractivity contribution in [2.45, 2.75) is 6.61 Å². The van der Waals surface area contributed by atoms with E-state index >= 15 is 0 Å². The van der Waals surface area contributed by atoms with Crippen molar-refractivity contribution in [1.29, 1.82) is 5.26 Å². The summed E-state index contributed by atoms with van der Waals surface area (Å²) in [5, 5.41) is 20.9. The van der Waals surface area contributed by atoms with Crippen molar-refractivity contribution >= 4 is 29.1 Å². The number of nitro groups is 1. The number of carbonyl (C=O) groups excluding carboxylic acids is 1. The van der Waals surface area contributed by atoms with E-state index < -0.39 is 10.7 Å². The number of allylic oxidation sites excluding steroid dienone is 1. The number of carbonyl (C=O) groups is 1. The third-order valence-electron chi connectivity index (χ3n) is 4.17. The molecule has 0 aliphatic heterocycles. The van der Waals surface area contributed by atoms with E-state index in [9.17, 15) is 20.2 Å². The number of hydrogen-bond acceptors (Lipinski definition) is 5. The smallest absolute Gasteiger partial charge is 0.270 e. The molecule has 6 nitrogen and oxygen atoms in total. The summed E-state index contributed by atoms with van der Waals surface area (Å²) in [6, 6.07) is 21.4. The van der Waals surface area contributed by atoms with Crippen LogP contribution < -0.4 is 4.74 Å². The fraction of sp³-hybridized carbons (Fsp3) is 0.0435. The summed E-state index contributed by atoms with van der Waals surface area (Å²) >= 11 is 5.95. The molecule has 0 aliphatic rings. The lowest BCUT2D eigenvalue weighted by Crippen LogP contribution is -2.02. The van der Waals surface area contributed by atoms with Gasteiger partial charge in [0, 0.05) is 22.7 Å². The molecular formula is C23H15ClN2O4. The van der Waals surface area contributed by atoms with Crippen molar-refractivity contribution in [2.24, 2.45) is 0 Å². The average Bonchev–Trinajstić information content (AvgIpc) is 2.76. The number of hydrogen-bond donors (Lipinski definition) is 0. The minimum atomic E-state index is -0.589. The second-order valence-electron chi connectivity index (χ2n) is 6.29. The zero-order chi connectivity index (χ0) is 21.5. The van der Waals surface area contributed by atoms with Crippen LogP contribution >= 0.6 is 11.6 Å². The Hall–Kier alpha value is -3.95. The Bertz CT molecular complexity index is 1160. The standard InChI is InChI=1S/C23H15ClN2O4/c24-20-5-1-3-17(12-20)15-30-22-9-7-16(8-10-22)11-19(14-25)23(27)18-4-2-6-21(13-18)26(28)29/h1-13H,15H2/b19-11+. The number of benzene rings is 3. The van der Waals surface area contributed by atoms with E-state index in [0.717, 1.165) is 11.6 Å². The summed E-state index contributed by atoms with van der Waals surface area (Å²) in [7, 11) is 0. The molecule has 0 saturated carbocycles. The number of Topliss-reactive ketones (excluding diaryl/α,β-unsaturated/α-hetero) is 1. The molecule has 7 heteroatoms. The molecule has 0 N–H and O–H groups in total. The van der Waals surface area contributed by atoms with Gasteiger partial charge in [-0.15, -0.1) is 0 Å². The molecule has 3 rings (SSSR count). The number of nitrogens with zero attached hydrogens (tertiary/aromatic N) is 2. The largest absolute Gasteiger partial charge is 0.489 e. The van der Waals surface area contributed by atoms with Gasteiger partial charge < -0.3 is 4.74 Å². The quantitative estimate of drug-likeness (QED) is 0.163. The third-order valence-corrected chi connectivity index (χ3v) is 4.40. The van der Waals surface area contributed by atoms with Crippen molar-refractivity contribution < 1.29 is 14.5 Å². The summed E-state index contributed by atoms with van der Waals surface area (Å²) in [6.45, 7) is 0.352. The second-order valence-corrected chi connectivity index (χ2v) is 6.73. The fourth-order valence-electron chi connectivity index (χ4n) is 2.69. The average molecular weight is 419 g/mol. The molecule has 0 bridgehead atoms. The van der Waals surface area contributed by atoms with Gasteiger partial charge in [0.25, 0.3) is 5.69 Å². The van der Waals surface area contributed by atoms with Crippen LogP contribution in [0.5, 0.6) is 5.75 Å². The first kappa shape index (κ1) is 20.8. The molecule has 0 unspecified atom stereocenters. The Kier molecular flexibility index (Phi) is 6.58. The lowest BCUT2D eigenvalue weighted by Gasteiger charge is -2.07. The first-order chi connectivity index (χ1) is 14.5. The van der Waals surface area contributed by atoms with Crippen molar-refractivity contribution in [1.82, 2.24) is 0 Å². The van der Waals surface area contributed by atoms with Gasteiger partial charge in [0.2, 0.25) is 5.78 Å². The highest BCUT2D eigenvalue weighted by Gasteiger charge is 2.15. The van der Waals surface area contributed by atoms with Crippen LogP contribution in [0.3, 0.4) is 0 Å². The molecular weight excluding hydrogens is 404 g/mol. The van der Waals surface area contributed by atoms with E-state index in [0.29, 0.717) is 22.9 Å². The van der Waals surface area contributed by atoms with Crippen LogP contribution in [0.15, 0.2) is 78.4 Å². The zero-order valence-electron chi connectivity index (χ0n) is 15.6. The molecule has 3 aromatic rings. The predicted molar refractivity (Wildman–Crippen MR) is 113 cm³/mol. The summed E-state index contributed by atoms with van der Waals surface area (Å²) < 4.78 is 5.71. The predicted octanol–water partition coefficient (Wildman–Crippen LogP) is 5.62. The van der Waals surface area contributed by atoms with E-state index in [4.69, 9.17) is 16.3 Å². The SMILES string of the molecule is N#C/C(=C\c1ccc(OCc2cccc(Cl)c2)cc1)C(=O)c1cccc([N+](=O)[O-])c1. The number of rotatable bonds is 7. The monoisotopic (exact) mass is 418 g/mol. The summed E-state index contributed by atoms with van der Waals surface area (Å²) in [6.07, 6.45) is 1.43. The van der Waals surface area contributed by atoms with Crippen molar-refractivity contribution in [3.05, 3.63) is 110 Å². The van der Waals surface area contributed by atoms with Gasteiger partial charge >= 0.3 is 0 Å². The minimum absolute atomic E-state index is 0.0819. The lowest BCUT2D eigenvalue weighted by molar-refractivity contribution is -0.384. The number of non-ortho nitro benzene ring substituents is 1. The second kappa shape index (κ2) is 9.50. The van der Waals surface area contributed by atoms with E-state index in [1.54, 1.807) is 30.3 Å². The summed E-state index contributed by atoms with van der Waals surface area (Å²) in [5.74, 6) is 0.0399. The maximum absolute atomic E-state index is 12.6. The lowest BCUT2D eigenvalue weighted by atomic mass is 10.0. The number of halogens is 1. The van der Waals surface area contributed by atoms with Gasteiger partial charge in [0.05, 0.1) is 4.92 Å². The van der Waals surface area contributed by atoms with Crippen LogP contribution in [0.25, 0.3) is 6.08 Å². The highest BCUT2D eigenvalue weighted by molar-refractivity contribution is 6.30. The van der Waals surface area contributed by atoms with Crippen LogP contribution in [-0.4, -0.2) is 10.7 Å². The molecule has 0 saturated heterocycles. The molecule has 0 fully saturated rings. The maximum atomic E-state index is 12.6. The first-order valence-corrected chi connectivity index (χ1v) is 9.22. The molecule has 0 atom stereocenters. The molecule has 148 valence electrons. The fourth-order valence-corrected chi connectivity index (χ4v) is 2.90. The van der Waals surface area contributed by atoms with Gasteiger partial charge in [-0.25, -0.2) is 0 Å². The van der Waals surface area contributed by atoms with Crippen LogP contribution in [0.1, 0.15) is 21.5 Å². The number of ether oxygens (including phenoxy) is 1. The van der Waals surface area contributed by atoms with Gasteiger partial charge in [0.15, 0.2) is 0 Å². The maximum Gasteiger partial charge on any atom is 0.270 e. The summed E-state index contributed by atoms with van der Waals surface area (Å²) in [5.41, 5.74) is 1.31. The highest BCUT2D eigenvalue weighted by Crippen LogP contribution is 2.20. The van der Waals surface area contributed by atoms with E-state index in [2.05, 4.69) is 0 Å². The van der Waals surface area contributed by atoms with Gasteiger partial charge in [-0.3, -0.25) is 14.9 Å². The van der Waals surface area contributed by atoms with E-state index in [1.807, 2.05) is 24.3 Å². The first-order valence-electron chi connectivity index (χ1n) is 8.84. The van der Waals surface area contributed by atoms with Gasteiger partial charge in [-0.05, 0) is 41.5 Å². The topological polar surface area (TPSA) is 93.2 Å². The Morgan fingerprint density at radius 1 is 1.10 bits per heavy atom. The number of ketones is 1. The molecule has 3 aromatic carbocycles. The highest BCUT2D eigenvalue weighted by atomic mass is 35.5. The van der Waals surface area contributed by atoms with Crippen molar-refractivity contribution in [3.63, 3.8) is 0 Å². The molecule has 0 radical (unpaired) electrons. The third kappa shape index (κ3) is 5.31. The van der Waals surface area contributed by atoms with Crippen LogP contribution in [0.4, 0.5) is 5.69 Å². The summed E-state index contributed by atoms with van der Waals surface area (Å²) in [4.78, 5) is 22.9. The van der Waals surface area contributed by atoms with Gasteiger partial charge in [0.1, 0.15) is 24.0 Å². The van der Waals surface area contributed by atoms with Crippen LogP contribution in [-0.2, 0) is 6.61 Å². The van der Waals surface area contributed by atoms with E-state index in [-0.39, 0.29) is 16.8 Å².